The smallest absolute Gasteiger partial charge is 0.340 e. The lowest BCUT2D eigenvalue weighted by atomic mass is 10.1. The molecule has 30 heavy (non-hydrogen) atoms. The molecule has 0 aromatic heterocycles. The van der Waals surface area contributed by atoms with Crippen LogP contribution in [0.3, 0.4) is 0 Å². The lowest BCUT2D eigenvalue weighted by molar-refractivity contribution is -0.114. The molecule has 0 radical (unpaired) electrons. The minimum absolute atomic E-state index is 0.00967. The second-order valence-corrected chi connectivity index (χ2v) is 7.95. The van der Waals surface area contributed by atoms with E-state index < -0.39 is 16.0 Å². The van der Waals surface area contributed by atoms with Crippen LogP contribution in [-0.4, -0.2) is 48.2 Å². The summed E-state index contributed by atoms with van der Waals surface area (Å²) in [6, 6.07) is 8.51. The monoisotopic (exact) mass is 436 g/mol. The van der Waals surface area contributed by atoms with Crippen molar-refractivity contribution >= 4 is 33.3 Å². The highest BCUT2D eigenvalue weighted by Gasteiger charge is 2.29. The van der Waals surface area contributed by atoms with Crippen molar-refractivity contribution in [3.8, 4) is 11.5 Å². The van der Waals surface area contributed by atoms with Crippen molar-refractivity contribution in [1.29, 1.82) is 0 Å². The largest absolute Gasteiger partial charge is 0.493 e. The Hall–Kier alpha value is -3.27. The highest BCUT2D eigenvalue weighted by Crippen LogP contribution is 2.37. The van der Waals surface area contributed by atoms with E-state index in [-0.39, 0.29) is 40.1 Å². The molecule has 0 saturated heterocycles. The standard InChI is InChI=1S/C20H24N2O7S/c1-6-22(30(25,26)15-9-7-14(8-10-15)21-13(2)23)17-12-19(28-4)18(27-3)11-16(17)20(24)29-5/h7-12H,6H2,1-5H3,(H,21,23). The summed E-state index contributed by atoms with van der Waals surface area (Å²) in [6.07, 6.45) is 0. The number of hydrogen-bond acceptors (Lipinski definition) is 7. The zero-order valence-corrected chi connectivity index (χ0v) is 18.2. The number of nitrogens with one attached hydrogen (secondary N) is 1. The van der Waals surface area contributed by atoms with Crippen molar-refractivity contribution < 1.29 is 32.2 Å². The average molecular weight is 436 g/mol. The minimum atomic E-state index is -4.04. The Bertz CT molecular complexity index is 1030. The second kappa shape index (κ2) is 9.49. The Morgan fingerprint density at radius 1 is 1.00 bits per heavy atom. The fourth-order valence-electron chi connectivity index (χ4n) is 2.86. The first-order chi connectivity index (χ1) is 14.2. The summed E-state index contributed by atoms with van der Waals surface area (Å²) in [7, 11) is -0.0250. The third kappa shape index (κ3) is 4.65. The van der Waals surface area contributed by atoms with Crippen molar-refractivity contribution in [3.05, 3.63) is 42.0 Å². The van der Waals surface area contributed by atoms with Crippen molar-refractivity contribution in [2.75, 3.05) is 37.5 Å². The number of amides is 1. The molecule has 1 N–H and O–H groups in total. The van der Waals surface area contributed by atoms with Crippen LogP contribution in [0.2, 0.25) is 0 Å². The maximum Gasteiger partial charge on any atom is 0.340 e. The second-order valence-electron chi connectivity index (χ2n) is 6.09. The number of methoxy groups -OCH3 is 3. The fourth-order valence-corrected chi connectivity index (χ4v) is 4.34. The molecule has 0 aliphatic carbocycles. The van der Waals surface area contributed by atoms with Crippen LogP contribution in [0.4, 0.5) is 11.4 Å². The summed E-state index contributed by atoms with van der Waals surface area (Å²) >= 11 is 0. The van der Waals surface area contributed by atoms with Gasteiger partial charge in [0.25, 0.3) is 10.0 Å². The molecule has 1 amide bonds. The van der Waals surface area contributed by atoms with Gasteiger partial charge in [0.05, 0.1) is 37.5 Å². The summed E-state index contributed by atoms with van der Waals surface area (Å²) in [5.74, 6) is -0.473. The van der Waals surface area contributed by atoms with Gasteiger partial charge in [-0.2, -0.15) is 0 Å². The number of nitrogens with zero attached hydrogens (tertiary/aromatic N) is 1. The lowest BCUT2D eigenvalue weighted by Crippen LogP contribution is -2.32. The number of sulfonamides is 1. The number of hydrogen-bond donors (Lipinski definition) is 1. The van der Waals surface area contributed by atoms with Gasteiger partial charge in [-0.05, 0) is 31.2 Å². The SMILES string of the molecule is CCN(c1cc(OC)c(OC)cc1C(=O)OC)S(=O)(=O)c1ccc(NC(C)=O)cc1. The average Bonchev–Trinajstić information content (AvgIpc) is 2.73. The van der Waals surface area contributed by atoms with E-state index in [1.165, 1.54) is 64.7 Å². The van der Waals surface area contributed by atoms with Gasteiger partial charge in [-0.25, -0.2) is 13.2 Å². The van der Waals surface area contributed by atoms with Crippen molar-refractivity contribution in [2.45, 2.75) is 18.7 Å². The van der Waals surface area contributed by atoms with E-state index in [1.54, 1.807) is 6.92 Å². The van der Waals surface area contributed by atoms with Crippen LogP contribution in [0.1, 0.15) is 24.2 Å². The molecule has 0 aliphatic heterocycles. The van der Waals surface area contributed by atoms with E-state index in [0.717, 1.165) is 4.31 Å². The molecule has 0 fully saturated rings. The first kappa shape index (κ1) is 23.0. The number of rotatable bonds is 8. The maximum absolute atomic E-state index is 13.3. The van der Waals surface area contributed by atoms with E-state index in [4.69, 9.17) is 14.2 Å². The first-order valence-electron chi connectivity index (χ1n) is 8.94. The molecule has 0 atom stereocenters. The summed E-state index contributed by atoms with van der Waals surface area (Å²) in [5, 5.41) is 2.58. The van der Waals surface area contributed by atoms with Gasteiger partial charge in [0, 0.05) is 31.3 Å². The molecule has 2 aromatic rings. The molecule has 0 spiro atoms. The Labute approximate surface area is 175 Å². The summed E-state index contributed by atoms with van der Waals surface area (Å²) in [5.41, 5.74) is 0.564. The summed E-state index contributed by atoms with van der Waals surface area (Å²) in [6.45, 7) is 3.03. The van der Waals surface area contributed by atoms with Crippen molar-refractivity contribution in [2.24, 2.45) is 0 Å². The number of benzene rings is 2. The molecule has 0 unspecified atom stereocenters. The summed E-state index contributed by atoms with van der Waals surface area (Å²) in [4.78, 5) is 23.5. The zero-order chi connectivity index (χ0) is 22.5. The number of carbonyl (C=O) groups excluding carboxylic acids is 2. The molecule has 9 nitrogen and oxygen atoms in total. The topological polar surface area (TPSA) is 111 Å². The van der Waals surface area contributed by atoms with Crippen LogP contribution in [0.15, 0.2) is 41.3 Å². The van der Waals surface area contributed by atoms with E-state index in [2.05, 4.69) is 5.32 Å². The molecule has 0 heterocycles. The Kier molecular flexibility index (Phi) is 7.28. The Morgan fingerprint density at radius 2 is 1.57 bits per heavy atom. The van der Waals surface area contributed by atoms with E-state index >= 15 is 0 Å². The van der Waals surface area contributed by atoms with Gasteiger partial charge in [-0.3, -0.25) is 9.10 Å². The van der Waals surface area contributed by atoms with Gasteiger partial charge in [0.1, 0.15) is 0 Å². The quantitative estimate of drug-likeness (QED) is 0.633. The van der Waals surface area contributed by atoms with Gasteiger partial charge < -0.3 is 19.5 Å². The zero-order valence-electron chi connectivity index (χ0n) is 17.4. The molecule has 0 bridgehead atoms. The molecule has 162 valence electrons. The third-order valence-corrected chi connectivity index (χ3v) is 6.13. The fraction of sp³-hybridized carbons (Fsp3) is 0.300. The van der Waals surface area contributed by atoms with E-state index in [9.17, 15) is 18.0 Å². The molecular formula is C20H24N2O7S. The molecular weight excluding hydrogens is 412 g/mol. The Morgan fingerprint density at radius 3 is 2.03 bits per heavy atom. The molecule has 2 aromatic carbocycles. The number of anilines is 2. The van der Waals surface area contributed by atoms with Crippen LogP contribution in [0.25, 0.3) is 0 Å². The van der Waals surface area contributed by atoms with Gasteiger partial charge >= 0.3 is 5.97 Å². The lowest BCUT2D eigenvalue weighted by Gasteiger charge is -2.26. The van der Waals surface area contributed by atoms with Crippen LogP contribution < -0.4 is 19.1 Å². The minimum Gasteiger partial charge on any atom is -0.493 e. The van der Waals surface area contributed by atoms with Crippen LogP contribution in [0.5, 0.6) is 11.5 Å². The molecule has 2 rings (SSSR count). The first-order valence-corrected chi connectivity index (χ1v) is 10.4. The normalized spacial score (nSPS) is 10.8. The predicted molar refractivity (Wildman–Crippen MR) is 112 cm³/mol. The van der Waals surface area contributed by atoms with Gasteiger partial charge in [0.15, 0.2) is 11.5 Å². The number of esters is 1. The molecule has 0 aliphatic rings. The van der Waals surface area contributed by atoms with Crippen LogP contribution in [-0.2, 0) is 19.6 Å². The van der Waals surface area contributed by atoms with Crippen molar-refractivity contribution in [1.82, 2.24) is 0 Å². The maximum atomic E-state index is 13.3. The molecule has 10 heteroatoms. The third-order valence-electron chi connectivity index (χ3n) is 4.23. The van der Waals surface area contributed by atoms with Crippen LogP contribution in [0, 0.1) is 0 Å². The van der Waals surface area contributed by atoms with E-state index in [0.29, 0.717) is 5.69 Å². The van der Waals surface area contributed by atoms with Crippen LogP contribution >= 0.6 is 0 Å². The van der Waals surface area contributed by atoms with Gasteiger partial charge in [-0.15, -0.1) is 0 Å². The van der Waals surface area contributed by atoms with E-state index in [1.807, 2.05) is 0 Å². The molecule has 0 saturated carbocycles. The number of ether oxygens (including phenoxy) is 3. The van der Waals surface area contributed by atoms with Crippen molar-refractivity contribution in [3.63, 3.8) is 0 Å². The highest BCUT2D eigenvalue weighted by atomic mass is 32.2. The predicted octanol–water partition coefficient (Wildman–Crippen LogP) is 2.66. The van der Waals surface area contributed by atoms with Gasteiger partial charge in [-0.1, -0.05) is 0 Å². The summed E-state index contributed by atoms with van der Waals surface area (Å²) < 4.78 is 43.0. The van der Waals surface area contributed by atoms with Gasteiger partial charge in [0.2, 0.25) is 5.91 Å². The number of carbonyl (C=O) groups is 2. The Balaban J connectivity index is 2.61. The highest BCUT2D eigenvalue weighted by molar-refractivity contribution is 7.92.